The lowest BCUT2D eigenvalue weighted by atomic mass is 9.93. The zero-order chi connectivity index (χ0) is 29.0. The van der Waals surface area contributed by atoms with Gasteiger partial charge in [-0.05, 0) is 49.7 Å². The predicted molar refractivity (Wildman–Crippen MR) is 146 cm³/mol. The van der Waals surface area contributed by atoms with E-state index in [-0.39, 0.29) is 31.1 Å². The van der Waals surface area contributed by atoms with Gasteiger partial charge in [0, 0.05) is 56.6 Å². The smallest absolute Gasteiger partial charge is 0.338 e. The van der Waals surface area contributed by atoms with Crippen LogP contribution in [0.4, 0.5) is 9.18 Å². The maximum atomic E-state index is 13.7. The van der Waals surface area contributed by atoms with Crippen LogP contribution < -0.4 is 14.8 Å². The minimum Gasteiger partial charge on any atom is -0.497 e. The molecule has 214 valence electrons. The molecule has 1 saturated heterocycles. The fourth-order valence-electron chi connectivity index (χ4n) is 5.12. The molecule has 0 bridgehead atoms. The largest absolute Gasteiger partial charge is 0.497 e. The van der Waals surface area contributed by atoms with Crippen molar-refractivity contribution in [2.24, 2.45) is 0 Å². The highest BCUT2D eigenvalue weighted by Gasteiger charge is 2.39. The number of benzene rings is 2. The second-order valence-corrected chi connectivity index (χ2v) is 9.76. The Hall–Kier alpha value is -4.12. The Morgan fingerprint density at radius 1 is 1.07 bits per heavy atom. The molecule has 1 fully saturated rings. The summed E-state index contributed by atoms with van der Waals surface area (Å²) in [6.07, 6.45) is 0. The Morgan fingerprint density at radius 2 is 1.77 bits per heavy atom. The van der Waals surface area contributed by atoms with Gasteiger partial charge in [0.05, 0.1) is 32.4 Å². The zero-order valence-corrected chi connectivity index (χ0v) is 23.4. The fraction of sp³-hybridized carbons (Fsp3) is 0.414. The molecule has 4 rings (SSSR count). The molecule has 11 heteroatoms. The van der Waals surface area contributed by atoms with Crippen LogP contribution >= 0.6 is 0 Å². The number of hydrogen-bond donors (Lipinski definition) is 1. The van der Waals surface area contributed by atoms with Gasteiger partial charge in [0.15, 0.2) is 0 Å². The van der Waals surface area contributed by atoms with Crippen molar-refractivity contribution in [3.05, 3.63) is 70.7 Å². The van der Waals surface area contributed by atoms with Crippen LogP contribution in [0, 0.1) is 5.82 Å². The monoisotopic (exact) mass is 554 g/mol. The fourth-order valence-corrected chi connectivity index (χ4v) is 5.12. The highest BCUT2D eigenvalue weighted by Crippen LogP contribution is 2.35. The van der Waals surface area contributed by atoms with Crippen molar-refractivity contribution < 1.29 is 33.0 Å². The summed E-state index contributed by atoms with van der Waals surface area (Å²) in [5, 5.41) is 2.91. The lowest BCUT2D eigenvalue weighted by Crippen LogP contribution is -2.56. The van der Waals surface area contributed by atoms with Gasteiger partial charge in [-0.1, -0.05) is 6.07 Å². The van der Waals surface area contributed by atoms with Crippen LogP contribution in [0.25, 0.3) is 0 Å². The summed E-state index contributed by atoms with van der Waals surface area (Å²) >= 11 is 0. The summed E-state index contributed by atoms with van der Waals surface area (Å²) in [6, 6.07) is 9.51. The zero-order valence-electron chi connectivity index (χ0n) is 23.4. The summed E-state index contributed by atoms with van der Waals surface area (Å²) in [6.45, 7) is 5.49. The second-order valence-electron chi connectivity index (χ2n) is 9.76. The van der Waals surface area contributed by atoms with Crippen molar-refractivity contribution in [3.8, 4) is 11.5 Å². The van der Waals surface area contributed by atoms with E-state index in [1.165, 1.54) is 37.3 Å². The van der Waals surface area contributed by atoms with Gasteiger partial charge in [-0.2, -0.15) is 0 Å². The molecule has 2 aromatic carbocycles. The van der Waals surface area contributed by atoms with Crippen molar-refractivity contribution >= 4 is 17.9 Å². The van der Waals surface area contributed by atoms with E-state index in [0.29, 0.717) is 53.5 Å². The van der Waals surface area contributed by atoms with E-state index in [2.05, 4.69) is 10.2 Å². The van der Waals surface area contributed by atoms with Crippen LogP contribution in [0.1, 0.15) is 35.8 Å². The number of halogens is 1. The minimum absolute atomic E-state index is 0.166. The molecule has 1 N–H and O–H groups in total. The molecule has 2 atom stereocenters. The molecule has 10 nitrogen and oxygen atoms in total. The number of piperazine rings is 1. The Morgan fingerprint density at radius 3 is 2.38 bits per heavy atom. The number of carbonyl (C=O) groups excluding carboxylic acids is 3. The SMILES string of the molecule is CCOC(=O)C1=C(CN2CCN(C(=O)c3cccc(F)c3)[C@H](C)C2)N(C)C(=O)N[C@@H]1c1cc(OC)cc(OC)c1. The van der Waals surface area contributed by atoms with Crippen LogP contribution in [-0.2, 0) is 9.53 Å². The third kappa shape index (κ3) is 6.04. The Labute approximate surface area is 233 Å². The van der Waals surface area contributed by atoms with Crippen LogP contribution in [0.15, 0.2) is 53.7 Å². The first-order valence-corrected chi connectivity index (χ1v) is 13.1. The molecule has 0 saturated carbocycles. The Kier molecular flexibility index (Phi) is 8.93. The van der Waals surface area contributed by atoms with Crippen molar-refractivity contribution in [2.45, 2.75) is 25.9 Å². The molecule has 3 amide bonds. The summed E-state index contributed by atoms with van der Waals surface area (Å²) in [4.78, 5) is 44.8. The number of rotatable bonds is 8. The summed E-state index contributed by atoms with van der Waals surface area (Å²) < 4.78 is 30.0. The highest BCUT2D eigenvalue weighted by atomic mass is 19.1. The summed E-state index contributed by atoms with van der Waals surface area (Å²) in [7, 11) is 4.66. The van der Waals surface area contributed by atoms with Gasteiger partial charge in [0.2, 0.25) is 0 Å². The van der Waals surface area contributed by atoms with E-state index < -0.39 is 17.8 Å². The first kappa shape index (κ1) is 28.9. The molecule has 0 aliphatic carbocycles. The Balaban J connectivity index is 1.64. The molecule has 0 aromatic heterocycles. The van der Waals surface area contributed by atoms with Crippen molar-refractivity contribution in [3.63, 3.8) is 0 Å². The number of esters is 1. The third-order valence-corrected chi connectivity index (χ3v) is 7.20. The van der Waals surface area contributed by atoms with Gasteiger partial charge in [-0.15, -0.1) is 0 Å². The number of urea groups is 1. The van der Waals surface area contributed by atoms with E-state index in [1.54, 1.807) is 43.1 Å². The predicted octanol–water partition coefficient (Wildman–Crippen LogP) is 3.20. The molecule has 0 unspecified atom stereocenters. The minimum atomic E-state index is -0.796. The van der Waals surface area contributed by atoms with Gasteiger partial charge < -0.3 is 24.4 Å². The summed E-state index contributed by atoms with van der Waals surface area (Å²) in [5.41, 5.74) is 1.72. The number of hydrogen-bond acceptors (Lipinski definition) is 7. The standard InChI is InChI=1S/C29H35FN4O6/c1-6-40-28(36)25-24(32(3)29(37)31-26(25)20-13-22(38-4)15-23(14-20)39-5)17-33-10-11-34(18(2)16-33)27(35)19-8-7-9-21(30)12-19/h7-9,12-15,18,26H,6,10-11,16-17H2,1-5H3,(H,31,37)/t18-,26-/m1/s1. The number of nitrogens with zero attached hydrogens (tertiary/aromatic N) is 3. The molecular weight excluding hydrogens is 519 g/mol. The molecule has 0 radical (unpaired) electrons. The lowest BCUT2D eigenvalue weighted by molar-refractivity contribution is -0.139. The molecule has 40 heavy (non-hydrogen) atoms. The first-order chi connectivity index (χ1) is 19.2. The van der Waals surface area contributed by atoms with E-state index in [4.69, 9.17) is 14.2 Å². The first-order valence-electron chi connectivity index (χ1n) is 13.1. The maximum Gasteiger partial charge on any atom is 0.338 e. The van der Waals surface area contributed by atoms with Gasteiger partial charge >= 0.3 is 12.0 Å². The quantitative estimate of drug-likeness (QED) is 0.500. The van der Waals surface area contributed by atoms with Crippen molar-refractivity contribution in [1.82, 2.24) is 20.0 Å². The van der Waals surface area contributed by atoms with Crippen molar-refractivity contribution in [2.75, 3.05) is 54.1 Å². The van der Waals surface area contributed by atoms with Crippen molar-refractivity contribution in [1.29, 1.82) is 0 Å². The second kappa shape index (κ2) is 12.4. The number of carbonyl (C=O) groups is 3. The molecule has 2 aromatic rings. The third-order valence-electron chi connectivity index (χ3n) is 7.20. The number of amides is 3. The number of ether oxygens (including phenoxy) is 3. The number of nitrogens with one attached hydrogen (secondary N) is 1. The average Bonchev–Trinajstić information content (AvgIpc) is 2.94. The Bertz CT molecular complexity index is 1290. The normalized spacial score (nSPS) is 19.8. The van der Waals surface area contributed by atoms with Gasteiger partial charge in [0.25, 0.3) is 5.91 Å². The maximum absolute atomic E-state index is 13.7. The van der Waals surface area contributed by atoms with Crippen LogP contribution in [-0.4, -0.2) is 92.7 Å². The van der Waals surface area contributed by atoms with Crippen LogP contribution in [0.5, 0.6) is 11.5 Å². The van der Waals surface area contributed by atoms with E-state index in [9.17, 15) is 18.8 Å². The van der Waals surface area contributed by atoms with Crippen LogP contribution in [0.3, 0.4) is 0 Å². The molecule has 2 heterocycles. The molecular formula is C29H35FN4O6. The van der Waals surface area contributed by atoms with E-state index in [1.807, 2.05) is 6.92 Å². The van der Waals surface area contributed by atoms with Gasteiger partial charge in [-0.3, -0.25) is 14.6 Å². The summed E-state index contributed by atoms with van der Waals surface area (Å²) in [5.74, 6) is -0.207. The molecule has 2 aliphatic heterocycles. The number of likely N-dealkylation sites (N-methyl/N-ethyl adjacent to an activating group) is 1. The number of methoxy groups -OCH3 is 2. The average molecular weight is 555 g/mol. The van der Waals surface area contributed by atoms with Crippen LogP contribution in [0.2, 0.25) is 0 Å². The van der Waals surface area contributed by atoms with Gasteiger partial charge in [0.1, 0.15) is 17.3 Å². The topological polar surface area (TPSA) is 101 Å². The lowest BCUT2D eigenvalue weighted by Gasteiger charge is -2.42. The van der Waals surface area contributed by atoms with E-state index in [0.717, 1.165) is 0 Å². The molecule has 2 aliphatic rings. The highest BCUT2D eigenvalue weighted by molar-refractivity contribution is 5.95. The van der Waals surface area contributed by atoms with Gasteiger partial charge in [-0.25, -0.2) is 14.0 Å². The van der Waals surface area contributed by atoms with E-state index >= 15 is 0 Å². The molecule has 0 spiro atoms.